The van der Waals surface area contributed by atoms with Gasteiger partial charge in [-0.1, -0.05) is 146 Å². The lowest BCUT2D eigenvalue weighted by Gasteiger charge is -2.26. The van der Waals surface area contributed by atoms with Gasteiger partial charge in [0.25, 0.3) is 0 Å². The molecule has 0 spiro atoms. The number of rotatable bonds is 14. The van der Waals surface area contributed by atoms with Crippen LogP contribution in [0.1, 0.15) is 6.92 Å². The van der Waals surface area contributed by atoms with E-state index in [-0.39, 0.29) is 0 Å². The normalized spacial score (nSPS) is 11.3. The molecule has 0 aliphatic heterocycles. The third-order valence-corrected chi connectivity index (χ3v) is 11.3. The molecule has 3 heteroatoms. The summed E-state index contributed by atoms with van der Waals surface area (Å²) >= 11 is 0. The van der Waals surface area contributed by atoms with E-state index in [9.17, 15) is 0 Å². The summed E-state index contributed by atoms with van der Waals surface area (Å²) in [6.45, 7) is 6.20. The van der Waals surface area contributed by atoms with E-state index >= 15 is 0 Å². The number of anilines is 8. The van der Waals surface area contributed by atoms with Crippen LogP contribution in [0.2, 0.25) is 0 Å². The molecule has 0 amide bonds. The Labute approximate surface area is 378 Å². The molecule has 0 radical (unpaired) electrons. The van der Waals surface area contributed by atoms with Crippen molar-refractivity contribution in [2.24, 2.45) is 0 Å². The summed E-state index contributed by atoms with van der Waals surface area (Å²) < 4.78 is 0. The molecule has 0 aromatic heterocycles. The molecule has 0 atom stereocenters. The van der Waals surface area contributed by atoms with Gasteiger partial charge in [0, 0.05) is 51.2 Å². The molecule has 308 valence electrons. The Morgan fingerprint density at radius 2 is 0.594 bits per heavy atom. The molecule has 0 unspecified atom stereocenters. The van der Waals surface area contributed by atoms with Gasteiger partial charge >= 0.3 is 0 Å². The average Bonchev–Trinajstić information content (AvgIpc) is 3.37. The zero-order valence-corrected chi connectivity index (χ0v) is 36.0. The highest BCUT2D eigenvalue weighted by molar-refractivity contribution is 5.85. The van der Waals surface area contributed by atoms with E-state index < -0.39 is 0 Å². The monoisotopic (exact) mass is 823 g/mol. The van der Waals surface area contributed by atoms with E-state index in [1.54, 1.807) is 0 Å². The Morgan fingerprint density at radius 1 is 0.328 bits per heavy atom. The first-order valence-corrected chi connectivity index (χ1v) is 21.7. The van der Waals surface area contributed by atoms with Gasteiger partial charge in [0.2, 0.25) is 0 Å². The summed E-state index contributed by atoms with van der Waals surface area (Å²) in [5.41, 5.74) is 16.6. The molecule has 9 rings (SSSR count). The van der Waals surface area contributed by atoms with Crippen LogP contribution in [0.3, 0.4) is 0 Å². The highest BCUT2D eigenvalue weighted by Gasteiger charge is 2.17. The maximum absolute atomic E-state index is 4.17. The molecular formula is C61H49N3. The van der Waals surface area contributed by atoms with Crippen LogP contribution in [0.15, 0.2) is 279 Å². The Balaban J connectivity index is 1.13. The van der Waals surface area contributed by atoms with Crippen LogP contribution in [0, 0.1) is 0 Å². The van der Waals surface area contributed by atoms with Gasteiger partial charge in [-0.2, -0.15) is 0 Å². The molecule has 9 aromatic rings. The van der Waals surface area contributed by atoms with Crippen LogP contribution in [-0.4, -0.2) is 0 Å². The minimum Gasteiger partial charge on any atom is -0.311 e. The standard InChI is InChI=1S/C61H49N3/c1-3-5-21-53(4-2)62(54-22-11-6-12-23-54)59-38-32-47(33-39-59)50-44-51(48-34-40-60(41-35-48)63(55-24-13-7-14-25-55)56-26-15-8-16-27-56)46-52(45-50)49-36-42-61(43-37-49)64(57-28-17-9-18-29-57)58-30-19-10-20-31-58/h3-46H,2H2,1H3/b5-3-,53-21+. The van der Waals surface area contributed by atoms with Crippen molar-refractivity contribution in [1.82, 2.24) is 0 Å². The second-order valence-corrected chi connectivity index (χ2v) is 15.4. The Hall–Kier alpha value is -8.40. The lowest BCUT2D eigenvalue weighted by Crippen LogP contribution is -2.14. The van der Waals surface area contributed by atoms with Gasteiger partial charge in [0.05, 0.1) is 0 Å². The van der Waals surface area contributed by atoms with Gasteiger partial charge in [-0.05, 0) is 168 Å². The van der Waals surface area contributed by atoms with Crippen molar-refractivity contribution < 1.29 is 0 Å². The number of hydrogen-bond donors (Lipinski definition) is 0. The van der Waals surface area contributed by atoms with Crippen molar-refractivity contribution in [2.45, 2.75) is 6.92 Å². The molecule has 3 nitrogen and oxygen atoms in total. The van der Waals surface area contributed by atoms with Gasteiger partial charge in [0.15, 0.2) is 0 Å². The lowest BCUT2D eigenvalue weighted by atomic mass is 9.93. The molecule has 64 heavy (non-hydrogen) atoms. The topological polar surface area (TPSA) is 9.72 Å². The fraction of sp³-hybridized carbons (Fsp3) is 0.0164. The number of para-hydroxylation sites is 5. The maximum atomic E-state index is 4.17. The second kappa shape index (κ2) is 19.5. The molecule has 0 fully saturated rings. The predicted molar refractivity (Wildman–Crippen MR) is 274 cm³/mol. The SMILES string of the molecule is C=C/C(=C\C=C/C)N(c1ccccc1)c1ccc(-c2cc(-c3ccc(N(c4ccccc4)c4ccccc4)cc3)cc(-c3ccc(N(c4ccccc4)c4ccccc4)cc3)c2)cc1. The van der Waals surface area contributed by atoms with Crippen molar-refractivity contribution in [1.29, 1.82) is 0 Å². The quantitative estimate of drug-likeness (QED) is 0.101. The molecule has 0 bridgehead atoms. The van der Waals surface area contributed by atoms with Crippen LogP contribution in [0.4, 0.5) is 45.5 Å². The van der Waals surface area contributed by atoms with Crippen molar-refractivity contribution in [2.75, 3.05) is 14.7 Å². The van der Waals surface area contributed by atoms with E-state index in [4.69, 9.17) is 0 Å². The van der Waals surface area contributed by atoms with Gasteiger partial charge in [-0.3, -0.25) is 0 Å². The predicted octanol–water partition coefficient (Wildman–Crippen LogP) is 17.4. The van der Waals surface area contributed by atoms with Crippen molar-refractivity contribution in [3.8, 4) is 33.4 Å². The largest absolute Gasteiger partial charge is 0.311 e. The highest BCUT2D eigenvalue weighted by atomic mass is 15.2. The smallest absolute Gasteiger partial charge is 0.0462 e. The second-order valence-electron chi connectivity index (χ2n) is 15.4. The van der Waals surface area contributed by atoms with E-state index in [2.05, 4.69) is 270 Å². The van der Waals surface area contributed by atoms with E-state index in [0.717, 1.165) is 84.6 Å². The molecule has 0 saturated carbocycles. The Bertz CT molecular complexity index is 2740. The minimum absolute atomic E-state index is 0.990. The third-order valence-electron chi connectivity index (χ3n) is 11.3. The van der Waals surface area contributed by atoms with Gasteiger partial charge in [-0.25, -0.2) is 0 Å². The van der Waals surface area contributed by atoms with Gasteiger partial charge < -0.3 is 14.7 Å². The van der Waals surface area contributed by atoms with E-state index in [1.165, 1.54) is 0 Å². The molecule has 0 aliphatic carbocycles. The highest BCUT2D eigenvalue weighted by Crippen LogP contribution is 2.40. The van der Waals surface area contributed by atoms with Crippen molar-refractivity contribution in [3.05, 3.63) is 279 Å². The average molecular weight is 824 g/mol. The zero-order chi connectivity index (χ0) is 43.5. The minimum atomic E-state index is 0.990. The maximum Gasteiger partial charge on any atom is 0.0462 e. The van der Waals surface area contributed by atoms with Crippen molar-refractivity contribution in [3.63, 3.8) is 0 Å². The Morgan fingerprint density at radius 3 is 0.891 bits per heavy atom. The van der Waals surface area contributed by atoms with Crippen LogP contribution < -0.4 is 14.7 Å². The van der Waals surface area contributed by atoms with Crippen LogP contribution >= 0.6 is 0 Å². The summed E-state index contributed by atoms with van der Waals surface area (Å²) in [5.74, 6) is 0. The van der Waals surface area contributed by atoms with Crippen LogP contribution in [-0.2, 0) is 0 Å². The van der Waals surface area contributed by atoms with Gasteiger partial charge in [0.1, 0.15) is 0 Å². The molecule has 0 heterocycles. The van der Waals surface area contributed by atoms with E-state index in [0.29, 0.717) is 0 Å². The fourth-order valence-electron chi connectivity index (χ4n) is 8.19. The number of nitrogens with zero attached hydrogens (tertiary/aromatic N) is 3. The fourth-order valence-corrected chi connectivity index (χ4v) is 8.19. The number of allylic oxidation sites excluding steroid dienone is 4. The number of benzene rings is 9. The Kier molecular flexibility index (Phi) is 12.5. The number of hydrogen-bond acceptors (Lipinski definition) is 3. The zero-order valence-electron chi connectivity index (χ0n) is 36.0. The van der Waals surface area contributed by atoms with Gasteiger partial charge in [-0.15, -0.1) is 0 Å². The first-order valence-electron chi connectivity index (χ1n) is 21.7. The summed E-state index contributed by atoms with van der Waals surface area (Å²) in [6.07, 6.45) is 8.09. The molecule has 0 aliphatic rings. The molecular weight excluding hydrogens is 775 g/mol. The lowest BCUT2D eigenvalue weighted by molar-refractivity contribution is 1.21. The first-order chi connectivity index (χ1) is 31.7. The summed E-state index contributed by atoms with van der Waals surface area (Å²) in [4.78, 5) is 6.84. The van der Waals surface area contributed by atoms with Crippen LogP contribution in [0.25, 0.3) is 33.4 Å². The summed E-state index contributed by atoms with van der Waals surface area (Å²) in [7, 11) is 0. The molecule has 0 N–H and O–H groups in total. The summed E-state index contributed by atoms with van der Waals surface area (Å²) in [5, 5.41) is 0. The van der Waals surface area contributed by atoms with Crippen LogP contribution in [0.5, 0.6) is 0 Å². The van der Waals surface area contributed by atoms with E-state index in [1.807, 2.05) is 25.1 Å². The first kappa shape index (κ1) is 41.0. The summed E-state index contributed by atoms with van der Waals surface area (Å²) in [6, 6.07) is 86.3. The third kappa shape index (κ3) is 9.11. The molecule has 0 saturated heterocycles. The van der Waals surface area contributed by atoms with Crippen molar-refractivity contribution >= 4 is 45.5 Å². The molecule has 9 aromatic carbocycles.